The van der Waals surface area contributed by atoms with Crippen molar-refractivity contribution in [1.29, 1.82) is 0 Å². The summed E-state index contributed by atoms with van der Waals surface area (Å²) in [4.78, 5) is 31.6. The number of nitrogens with one attached hydrogen (secondary N) is 1. The molecular weight excluding hydrogens is 534 g/mol. The van der Waals surface area contributed by atoms with Crippen LogP contribution in [0.1, 0.15) is 46.1 Å². The van der Waals surface area contributed by atoms with Gasteiger partial charge in [-0.3, -0.25) is 14.9 Å². The van der Waals surface area contributed by atoms with Crippen LogP contribution in [-0.4, -0.2) is 69.0 Å². The summed E-state index contributed by atoms with van der Waals surface area (Å²) in [6.07, 6.45) is 9.49. The van der Waals surface area contributed by atoms with Crippen LogP contribution in [0.25, 0.3) is 0 Å². The van der Waals surface area contributed by atoms with Crippen LogP contribution in [0.3, 0.4) is 0 Å². The number of unbranched alkanes of at least 4 members (excludes halogenated alkanes) is 1. The number of anilines is 2. The van der Waals surface area contributed by atoms with Crippen LogP contribution in [-0.2, 0) is 16.2 Å². The second-order valence-corrected chi connectivity index (χ2v) is 8.16. The van der Waals surface area contributed by atoms with Gasteiger partial charge in [0.05, 0.1) is 17.1 Å². The molecule has 0 heterocycles. The minimum atomic E-state index is -1.08. The topological polar surface area (TPSA) is 194 Å². The molecule has 1 atom stereocenters. The van der Waals surface area contributed by atoms with Crippen LogP contribution in [0.5, 0.6) is 11.5 Å². The zero-order chi connectivity index (χ0) is 31.8. The van der Waals surface area contributed by atoms with E-state index in [2.05, 4.69) is 5.32 Å². The molecule has 2 aromatic carbocycles. The largest absolute Gasteiger partial charge is 0.507 e. The van der Waals surface area contributed by atoms with Gasteiger partial charge in [0, 0.05) is 31.5 Å². The van der Waals surface area contributed by atoms with Gasteiger partial charge in [-0.05, 0) is 64.8 Å². The van der Waals surface area contributed by atoms with Crippen molar-refractivity contribution in [3.05, 3.63) is 76.4 Å². The molecule has 12 heteroatoms. The van der Waals surface area contributed by atoms with Crippen molar-refractivity contribution in [1.82, 2.24) is 0 Å². The van der Waals surface area contributed by atoms with Crippen molar-refractivity contribution < 1.29 is 40.0 Å². The number of nitro benzene ring substituents is 1. The van der Waals surface area contributed by atoms with Gasteiger partial charge >= 0.3 is 5.97 Å². The molecule has 12 nitrogen and oxygen atoms in total. The monoisotopic (exact) mass is 577 g/mol. The smallest absolute Gasteiger partial charge is 0.325 e. The lowest BCUT2D eigenvalue weighted by atomic mass is 10.2. The van der Waals surface area contributed by atoms with Gasteiger partial charge in [-0.25, -0.2) is 0 Å². The molecule has 0 radical (unpaired) electrons. The van der Waals surface area contributed by atoms with Crippen molar-refractivity contribution >= 4 is 29.8 Å². The van der Waals surface area contributed by atoms with E-state index in [9.17, 15) is 14.9 Å². The fraction of sp³-hybridized carbons (Fsp3) is 0.379. The van der Waals surface area contributed by atoms with Gasteiger partial charge in [0.2, 0.25) is 0 Å². The third-order valence-electron chi connectivity index (χ3n) is 5.28. The maximum Gasteiger partial charge on any atom is 0.325 e. The molecule has 228 valence electrons. The van der Waals surface area contributed by atoms with Gasteiger partial charge in [0.15, 0.2) is 0 Å². The van der Waals surface area contributed by atoms with E-state index >= 15 is 0 Å². The average Bonchev–Trinajstić information content (AvgIpc) is 2.96. The summed E-state index contributed by atoms with van der Waals surface area (Å²) in [6.45, 7) is 10.6. The van der Waals surface area contributed by atoms with Gasteiger partial charge < -0.3 is 40.5 Å². The molecule has 0 aliphatic heterocycles. The number of carbonyl (C=O) groups excluding carboxylic acids is 1. The predicted octanol–water partition coefficient (Wildman–Crippen LogP) is 4.62. The molecule has 0 aliphatic rings. The SMILES string of the molecule is C/C=C\C=C/C.C=O.CCN(CCCCO)c1ccc([N+](=O)[O-])c(NC(C)C(=O)O)c1.OCc1c(O)cccc1O. The van der Waals surface area contributed by atoms with Gasteiger partial charge in [0.25, 0.3) is 5.69 Å². The summed E-state index contributed by atoms with van der Waals surface area (Å²) in [6, 6.07) is 8.01. The lowest BCUT2D eigenvalue weighted by Crippen LogP contribution is -2.27. The number of phenols is 2. The number of aromatic hydroxyl groups is 2. The van der Waals surface area contributed by atoms with E-state index in [1.165, 1.54) is 31.2 Å². The number of rotatable bonds is 12. The number of hydrogen-bond acceptors (Lipinski definition) is 10. The van der Waals surface area contributed by atoms with Crippen molar-refractivity contribution in [2.75, 3.05) is 29.9 Å². The Morgan fingerprint density at radius 1 is 1.07 bits per heavy atom. The molecule has 1 unspecified atom stereocenters. The van der Waals surface area contributed by atoms with Crippen molar-refractivity contribution in [3.8, 4) is 11.5 Å². The van der Waals surface area contributed by atoms with Crippen LogP contribution >= 0.6 is 0 Å². The third-order valence-corrected chi connectivity index (χ3v) is 5.28. The Balaban J connectivity index is 0. The van der Waals surface area contributed by atoms with E-state index in [-0.39, 0.29) is 41.7 Å². The van der Waals surface area contributed by atoms with E-state index in [1.54, 1.807) is 12.1 Å². The Bertz CT molecular complexity index is 1060. The quantitative estimate of drug-likeness (QED) is 0.0891. The van der Waals surface area contributed by atoms with Crippen LogP contribution in [0.2, 0.25) is 0 Å². The molecule has 0 aliphatic carbocycles. The molecule has 2 aromatic rings. The zero-order valence-electron chi connectivity index (χ0n) is 24.1. The molecule has 0 bridgehead atoms. The van der Waals surface area contributed by atoms with Crippen LogP contribution < -0.4 is 10.2 Å². The number of nitro groups is 1. The Hall–Kier alpha value is -4.42. The summed E-state index contributed by atoms with van der Waals surface area (Å²) >= 11 is 0. The fourth-order valence-electron chi connectivity index (χ4n) is 3.12. The molecule has 6 N–H and O–H groups in total. The van der Waals surface area contributed by atoms with E-state index in [1.807, 2.05) is 56.8 Å². The first-order chi connectivity index (χ1) is 19.6. The summed E-state index contributed by atoms with van der Waals surface area (Å²) in [5, 5.41) is 58.1. The highest BCUT2D eigenvalue weighted by molar-refractivity contribution is 5.79. The molecule has 0 fully saturated rings. The minimum Gasteiger partial charge on any atom is -0.507 e. The average molecular weight is 578 g/mol. The van der Waals surface area contributed by atoms with Crippen molar-refractivity contribution in [2.45, 2.75) is 53.2 Å². The van der Waals surface area contributed by atoms with E-state index in [0.29, 0.717) is 19.5 Å². The Morgan fingerprint density at radius 2 is 1.63 bits per heavy atom. The first-order valence-corrected chi connectivity index (χ1v) is 12.8. The van der Waals surface area contributed by atoms with Gasteiger partial charge in [-0.1, -0.05) is 30.4 Å². The van der Waals surface area contributed by atoms with E-state index < -0.39 is 16.9 Å². The number of hydrogen-bond donors (Lipinski definition) is 6. The lowest BCUT2D eigenvalue weighted by molar-refractivity contribution is -0.384. The van der Waals surface area contributed by atoms with Crippen LogP contribution in [0.15, 0.2) is 60.7 Å². The molecule has 0 amide bonds. The maximum absolute atomic E-state index is 11.1. The summed E-state index contributed by atoms with van der Waals surface area (Å²) in [5.41, 5.74) is 0.967. The fourth-order valence-corrected chi connectivity index (χ4v) is 3.12. The number of carbonyl (C=O) groups is 2. The van der Waals surface area contributed by atoms with Crippen molar-refractivity contribution in [3.63, 3.8) is 0 Å². The zero-order valence-corrected chi connectivity index (χ0v) is 24.1. The molecule has 0 aromatic heterocycles. The maximum atomic E-state index is 11.1. The molecule has 0 saturated carbocycles. The molecule has 0 spiro atoms. The second kappa shape index (κ2) is 23.5. The number of aliphatic hydroxyl groups excluding tert-OH is 2. The van der Waals surface area contributed by atoms with E-state index in [4.69, 9.17) is 30.3 Å². The Kier molecular flexibility index (Phi) is 22.2. The summed E-state index contributed by atoms with van der Waals surface area (Å²) < 4.78 is 0. The van der Waals surface area contributed by atoms with Gasteiger partial charge in [-0.15, -0.1) is 0 Å². The normalized spacial score (nSPS) is 10.8. The lowest BCUT2D eigenvalue weighted by Gasteiger charge is -2.24. The number of benzene rings is 2. The minimum absolute atomic E-state index is 0.0810. The van der Waals surface area contributed by atoms with Crippen LogP contribution in [0.4, 0.5) is 17.1 Å². The Morgan fingerprint density at radius 3 is 2.02 bits per heavy atom. The van der Waals surface area contributed by atoms with Gasteiger partial charge in [-0.2, -0.15) is 0 Å². The Labute approximate surface area is 241 Å². The van der Waals surface area contributed by atoms with Gasteiger partial charge in [0.1, 0.15) is 30.0 Å². The standard InChI is InChI=1S/C15H23N3O5.C7H8O3.C6H10.CH2O/c1-3-17(8-4-5-9-19)12-6-7-14(18(22)23)13(10-12)16-11(2)15(20)21;8-4-5-6(9)2-1-3-7(5)10;1-3-5-6-4-2;1-2/h6-7,10-11,16,19H,3-5,8-9H2,1-2H3,(H,20,21);1-3,8-10H,4H2;3-6H,1-2H3;1H2/b;;5-3-,6-4-;. The predicted molar refractivity (Wildman–Crippen MR) is 160 cm³/mol. The number of allylic oxidation sites excluding steroid dienone is 4. The molecule has 0 saturated heterocycles. The summed E-state index contributed by atoms with van der Waals surface area (Å²) in [5.74, 6) is -1.25. The number of carboxylic acids is 1. The van der Waals surface area contributed by atoms with Crippen LogP contribution in [0, 0.1) is 10.1 Å². The number of aliphatic hydroxyl groups is 2. The molecule has 41 heavy (non-hydrogen) atoms. The molecule has 2 rings (SSSR count). The van der Waals surface area contributed by atoms with E-state index in [0.717, 1.165) is 12.1 Å². The first-order valence-electron chi connectivity index (χ1n) is 12.8. The molecular formula is C29H43N3O9. The first kappa shape index (κ1) is 38.7. The third kappa shape index (κ3) is 15.7. The summed E-state index contributed by atoms with van der Waals surface area (Å²) in [7, 11) is 0. The highest BCUT2D eigenvalue weighted by Crippen LogP contribution is 2.30. The number of carboxylic acid groups (broad SMARTS) is 1. The van der Waals surface area contributed by atoms with Crippen molar-refractivity contribution in [2.24, 2.45) is 0 Å². The highest BCUT2D eigenvalue weighted by atomic mass is 16.6. The number of aliphatic carboxylic acids is 1. The highest BCUT2D eigenvalue weighted by Gasteiger charge is 2.20. The second-order valence-electron chi connectivity index (χ2n) is 8.16. The number of nitrogens with zero attached hydrogens (tertiary/aromatic N) is 2.